The number of para-hydroxylation sites is 1. The zero-order chi connectivity index (χ0) is 11.9. The Morgan fingerprint density at radius 1 is 1.38 bits per heavy atom. The number of nitrogens with zero attached hydrogens (tertiary/aromatic N) is 2. The molecule has 0 fully saturated rings. The lowest BCUT2D eigenvalue weighted by molar-refractivity contribution is 0.565. The molecule has 2 unspecified atom stereocenters. The van der Waals surface area contributed by atoms with E-state index in [0.29, 0.717) is 0 Å². The first-order valence-corrected chi connectivity index (χ1v) is 5.76. The first-order valence-electron chi connectivity index (χ1n) is 5.38. The van der Waals surface area contributed by atoms with E-state index in [0.717, 1.165) is 21.9 Å². The second-order valence-corrected chi connectivity index (χ2v) is 4.69. The van der Waals surface area contributed by atoms with Crippen molar-refractivity contribution in [2.75, 3.05) is 0 Å². The van der Waals surface area contributed by atoms with Crippen LogP contribution in [0.2, 0.25) is 5.02 Å². The van der Waals surface area contributed by atoms with Gasteiger partial charge in [0.25, 0.3) is 0 Å². The van der Waals surface area contributed by atoms with E-state index in [-0.39, 0.29) is 12.0 Å². The van der Waals surface area contributed by atoms with Crippen LogP contribution >= 0.6 is 11.6 Å². The molecule has 0 saturated heterocycles. The quantitative estimate of drug-likeness (QED) is 0.873. The average Bonchev–Trinajstić information content (AvgIpc) is 2.56. The minimum Gasteiger partial charge on any atom is -0.330 e. The summed E-state index contributed by atoms with van der Waals surface area (Å²) < 4.78 is 2.03. The normalized spacial score (nSPS) is 15.3. The summed E-state index contributed by atoms with van der Waals surface area (Å²) in [4.78, 5) is 4.59. The minimum absolute atomic E-state index is 0.0780. The summed E-state index contributed by atoms with van der Waals surface area (Å²) in [7, 11) is 1.98. The predicted octanol–water partition coefficient (Wildman–Crippen LogP) is 2.68. The molecule has 3 nitrogen and oxygen atoms in total. The van der Waals surface area contributed by atoms with E-state index in [1.54, 1.807) is 0 Å². The van der Waals surface area contributed by atoms with Gasteiger partial charge in [-0.1, -0.05) is 24.6 Å². The number of hydrogen-bond acceptors (Lipinski definition) is 2. The SMILES string of the molecule is CC(N)C(C)c1nc2cccc(Cl)c2n1C. The number of benzene rings is 1. The average molecular weight is 238 g/mol. The van der Waals surface area contributed by atoms with Crippen molar-refractivity contribution in [3.63, 3.8) is 0 Å². The highest BCUT2D eigenvalue weighted by molar-refractivity contribution is 6.35. The molecule has 2 atom stereocenters. The highest BCUT2D eigenvalue weighted by atomic mass is 35.5. The standard InChI is InChI=1S/C12H16ClN3/c1-7(8(2)14)12-15-10-6-4-5-9(13)11(10)16(12)3/h4-8H,14H2,1-3H3. The summed E-state index contributed by atoms with van der Waals surface area (Å²) in [6.45, 7) is 4.07. The minimum atomic E-state index is 0.0780. The van der Waals surface area contributed by atoms with Crippen LogP contribution in [0.4, 0.5) is 0 Å². The molecule has 2 rings (SSSR count). The molecule has 0 saturated carbocycles. The maximum absolute atomic E-state index is 6.17. The Bertz CT molecular complexity index is 516. The van der Waals surface area contributed by atoms with Crippen LogP contribution in [0.1, 0.15) is 25.6 Å². The number of nitrogens with two attached hydrogens (primary N) is 1. The van der Waals surface area contributed by atoms with Crippen molar-refractivity contribution in [2.24, 2.45) is 12.8 Å². The lowest BCUT2D eigenvalue weighted by atomic mass is 10.0. The van der Waals surface area contributed by atoms with Crippen molar-refractivity contribution in [1.29, 1.82) is 0 Å². The van der Waals surface area contributed by atoms with Gasteiger partial charge in [-0.2, -0.15) is 0 Å². The molecule has 0 spiro atoms. The van der Waals surface area contributed by atoms with Crippen LogP contribution in [0.15, 0.2) is 18.2 Å². The Balaban J connectivity index is 2.65. The molecule has 0 radical (unpaired) electrons. The predicted molar refractivity (Wildman–Crippen MR) is 67.8 cm³/mol. The maximum atomic E-state index is 6.17. The van der Waals surface area contributed by atoms with Gasteiger partial charge in [0.2, 0.25) is 0 Å². The van der Waals surface area contributed by atoms with Gasteiger partial charge in [-0.3, -0.25) is 0 Å². The summed E-state index contributed by atoms with van der Waals surface area (Å²) in [5.74, 6) is 1.20. The summed E-state index contributed by atoms with van der Waals surface area (Å²) in [5.41, 5.74) is 7.82. The highest BCUT2D eigenvalue weighted by Gasteiger charge is 2.18. The van der Waals surface area contributed by atoms with E-state index in [2.05, 4.69) is 11.9 Å². The van der Waals surface area contributed by atoms with Crippen LogP contribution in [-0.2, 0) is 7.05 Å². The van der Waals surface area contributed by atoms with Crippen molar-refractivity contribution in [2.45, 2.75) is 25.8 Å². The first kappa shape index (κ1) is 11.4. The summed E-state index contributed by atoms with van der Waals surface area (Å²) in [6, 6.07) is 5.84. The van der Waals surface area contributed by atoms with Crippen molar-refractivity contribution >= 4 is 22.6 Å². The lowest BCUT2D eigenvalue weighted by Gasteiger charge is -2.15. The molecule has 0 bridgehead atoms. The molecule has 0 aliphatic rings. The molecule has 1 heterocycles. The Kier molecular flexibility index (Phi) is 2.91. The molecule has 0 aliphatic heterocycles. The van der Waals surface area contributed by atoms with Crippen LogP contribution in [0, 0.1) is 0 Å². The maximum Gasteiger partial charge on any atom is 0.114 e. The van der Waals surface area contributed by atoms with Crippen molar-refractivity contribution in [1.82, 2.24) is 9.55 Å². The largest absolute Gasteiger partial charge is 0.330 e. The number of halogens is 1. The number of fused-ring (bicyclic) bond motifs is 1. The first-order chi connectivity index (χ1) is 7.52. The summed E-state index contributed by atoms with van der Waals surface area (Å²) in [6.07, 6.45) is 0. The Labute approximate surface area is 100 Å². The molecule has 0 amide bonds. The summed E-state index contributed by atoms with van der Waals surface area (Å²) >= 11 is 6.17. The smallest absolute Gasteiger partial charge is 0.114 e. The van der Waals surface area contributed by atoms with Crippen LogP contribution in [-0.4, -0.2) is 15.6 Å². The molecule has 0 aliphatic carbocycles. The fraction of sp³-hybridized carbons (Fsp3) is 0.417. The zero-order valence-corrected chi connectivity index (χ0v) is 10.5. The molecule has 2 N–H and O–H groups in total. The van der Waals surface area contributed by atoms with Gasteiger partial charge in [-0.05, 0) is 19.1 Å². The van der Waals surface area contributed by atoms with Gasteiger partial charge in [-0.25, -0.2) is 4.98 Å². The van der Waals surface area contributed by atoms with Gasteiger partial charge >= 0.3 is 0 Å². The van der Waals surface area contributed by atoms with Gasteiger partial charge in [0.1, 0.15) is 5.82 Å². The van der Waals surface area contributed by atoms with Crippen LogP contribution < -0.4 is 5.73 Å². The molecule has 4 heteroatoms. The second kappa shape index (κ2) is 4.07. The van der Waals surface area contributed by atoms with E-state index >= 15 is 0 Å². The number of aryl methyl sites for hydroxylation is 1. The monoisotopic (exact) mass is 237 g/mol. The third kappa shape index (κ3) is 1.70. The molecular formula is C12H16ClN3. The van der Waals surface area contributed by atoms with Crippen LogP contribution in [0.5, 0.6) is 0 Å². The van der Waals surface area contributed by atoms with Crippen molar-refractivity contribution in [3.8, 4) is 0 Å². The van der Waals surface area contributed by atoms with Gasteiger partial charge < -0.3 is 10.3 Å². The number of hydrogen-bond donors (Lipinski definition) is 1. The second-order valence-electron chi connectivity index (χ2n) is 4.28. The zero-order valence-electron chi connectivity index (χ0n) is 9.74. The van der Waals surface area contributed by atoms with E-state index in [1.165, 1.54) is 0 Å². The van der Waals surface area contributed by atoms with E-state index < -0.39 is 0 Å². The third-order valence-corrected chi connectivity index (χ3v) is 3.38. The van der Waals surface area contributed by atoms with Crippen LogP contribution in [0.3, 0.4) is 0 Å². The van der Waals surface area contributed by atoms with Crippen molar-refractivity contribution in [3.05, 3.63) is 29.0 Å². The lowest BCUT2D eigenvalue weighted by Crippen LogP contribution is -2.24. The highest BCUT2D eigenvalue weighted by Crippen LogP contribution is 2.27. The fourth-order valence-corrected chi connectivity index (χ4v) is 2.18. The van der Waals surface area contributed by atoms with Gasteiger partial charge in [0, 0.05) is 19.0 Å². The Morgan fingerprint density at radius 3 is 2.62 bits per heavy atom. The third-order valence-electron chi connectivity index (χ3n) is 3.08. The number of rotatable bonds is 2. The molecule has 16 heavy (non-hydrogen) atoms. The van der Waals surface area contributed by atoms with Crippen LogP contribution in [0.25, 0.3) is 11.0 Å². The fourth-order valence-electron chi connectivity index (χ4n) is 1.88. The van der Waals surface area contributed by atoms with Gasteiger partial charge in [0.15, 0.2) is 0 Å². The van der Waals surface area contributed by atoms with E-state index in [1.807, 2.05) is 36.7 Å². The molecule has 1 aromatic heterocycles. The topological polar surface area (TPSA) is 43.8 Å². The van der Waals surface area contributed by atoms with Gasteiger partial charge in [0.05, 0.1) is 16.1 Å². The Hall–Kier alpha value is -1.06. The number of aromatic nitrogens is 2. The van der Waals surface area contributed by atoms with Gasteiger partial charge in [-0.15, -0.1) is 0 Å². The molecule has 2 aromatic rings. The summed E-state index contributed by atoms with van der Waals surface area (Å²) in [5, 5.41) is 0.732. The number of imidazole rings is 1. The van der Waals surface area contributed by atoms with Crippen molar-refractivity contribution < 1.29 is 0 Å². The molecule has 86 valence electrons. The molecular weight excluding hydrogens is 222 g/mol. The Morgan fingerprint density at radius 2 is 2.06 bits per heavy atom. The van der Waals surface area contributed by atoms with E-state index in [4.69, 9.17) is 17.3 Å². The van der Waals surface area contributed by atoms with E-state index in [9.17, 15) is 0 Å². The molecule has 1 aromatic carbocycles.